The van der Waals surface area contributed by atoms with Gasteiger partial charge in [0, 0.05) is 11.3 Å². The number of amides is 1. The predicted molar refractivity (Wildman–Crippen MR) is 123 cm³/mol. The SMILES string of the molecule is CCC(NC(=O)OCCc1scnc1C)C(=O)Cn1nnnc1Sc1c(Cl)cccc1Cl. The zero-order valence-corrected chi connectivity index (χ0v) is 20.4. The van der Waals surface area contributed by atoms with Gasteiger partial charge in [0.25, 0.3) is 0 Å². The molecule has 2 heterocycles. The minimum Gasteiger partial charge on any atom is -0.449 e. The second-order valence-corrected chi connectivity index (χ2v) is 9.32. The quantitative estimate of drug-likeness (QED) is 0.428. The number of Topliss-reactive ketones (excluding diaryl/α,β-unsaturated/α-hetero) is 1. The lowest BCUT2D eigenvalue weighted by Crippen LogP contribution is -2.42. The number of thiazole rings is 1. The Balaban J connectivity index is 1.55. The number of ketones is 1. The highest BCUT2D eigenvalue weighted by molar-refractivity contribution is 7.99. The first-order valence-corrected chi connectivity index (χ1v) is 12.1. The molecular formula is C19H20Cl2N6O3S2. The zero-order chi connectivity index (χ0) is 23.1. The summed E-state index contributed by atoms with van der Waals surface area (Å²) >= 11 is 15.1. The largest absolute Gasteiger partial charge is 0.449 e. The van der Waals surface area contributed by atoms with Gasteiger partial charge in [0.15, 0.2) is 5.78 Å². The Morgan fingerprint density at radius 3 is 2.72 bits per heavy atom. The van der Waals surface area contributed by atoms with E-state index in [4.69, 9.17) is 27.9 Å². The Hall–Kier alpha value is -2.21. The van der Waals surface area contributed by atoms with Crippen molar-refractivity contribution in [2.75, 3.05) is 6.61 Å². The lowest BCUT2D eigenvalue weighted by Gasteiger charge is -2.16. The van der Waals surface area contributed by atoms with Crippen molar-refractivity contribution in [2.45, 2.75) is 49.3 Å². The van der Waals surface area contributed by atoms with E-state index in [0.29, 0.717) is 32.9 Å². The molecule has 0 radical (unpaired) electrons. The first kappa shape index (κ1) is 24.4. The molecule has 13 heteroatoms. The second-order valence-electron chi connectivity index (χ2n) is 6.59. The fourth-order valence-corrected chi connectivity index (χ4v) is 4.88. The van der Waals surface area contributed by atoms with Crippen molar-refractivity contribution in [3.8, 4) is 0 Å². The van der Waals surface area contributed by atoms with Gasteiger partial charge in [0.05, 0.1) is 38.8 Å². The van der Waals surface area contributed by atoms with Gasteiger partial charge < -0.3 is 10.1 Å². The third-order valence-corrected chi connectivity index (χ3v) is 7.38. The Bertz CT molecular complexity index is 1070. The van der Waals surface area contributed by atoms with Crippen LogP contribution < -0.4 is 5.32 Å². The Morgan fingerprint density at radius 2 is 2.06 bits per heavy atom. The van der Waals surface area contributed by atoms with Crippen LogP contribution >= 0.6 is 46.3 Å². The highest BCUT2D eigenvalue weighted by Crippen LogP contribution is 2.37. The van der Waals surface area contributed by atoms with Crippen molar-refractivity contribution in [3.63, 3.8) is 0 Å². The molecule has 0 saturated heterocycles. The van der Waals surface area contributed by atoms with Crippen LogP contribution in [0.25, 0.3) is 0 Å². The fraction of sp³-hybridized carbons (Fsp3) is 0.368. The summed E-state index contributed by atoms with van der Waals surface area (Å²) in [7, 11) is 0. The standard InChI is InChI=1S/C19H20Cl2N6O3S2/c1-3-14(23-19(29)30-8-7-16-11(2)22-10-31-16)15(28)9-27-18(24-25-26-27)32-17-12(20)5-4-6-13(17)21/h4-6,10,14H,3,7-9H2,1-2H3,(H,23,29). The van der Waals surface area contributed by atoms with Crippen molar-refractivity contribution >= 4 is 58.2 Å². The van der Waals surface area contributed by atoms with E-state index in [0.717, 1.165) is 22.3 Å². The van der Waals surface area contributed by atoms with Gasteiger partial charge in [-0.2, -0.15) is 0 Å². The monoisotopic (exact) mass is 514 g/mol. The number of halogens is 2. The van der Waals surface area contributed by atoms with E-state index in [9.17, 15) is 9.59 Å². The highest BCUT2D eigenvalue weighted by Gasteiger charge is 2.22. The molecule has 170 valence electrons. The van der Waals surface area contributed by atoms with Crippen molar-refractivity contribution in [1.29, 1.82) is 0 Å². The molecule has 1 atom stereocenters. The number of hydrogen-bond acceptors (Lipinski definition) is 9. The second kappa shape index (κ2) is 11.6. The van der Waals surface area contributed by atoms with Crippen LogP contribution in [0.15, 0.2) is 33.8 Å². The average Bonchev–Trinajstić information content (AvgIpc) is 3.37. The van der Waals surface area contributed by atoms with Gasteiger partial charge in [-0.1, -0.05) is 36.2 Å². The molecule has 0 saturated carbocycles. The number of alkyl carbamates (subject to hydrolysis) is 1. The molecule has 0 bridgehead atoms. The third-order valence-electron chi connectivity index (χ3n) is 4.41. The van der Waals surface area contributed by atoms with E-state index in [-0.39, 0.29) is 18.9 Å². The molecule has 0 aliphatic rings. The van der Waals surface area contributed by atoms with Crippen molar-refractivity contribution in [3.05, 3.63) is 44.3 Å². The Morgan fingerprint density at radius 1 is 1.31 bits per heavy atom. The van der Waals surface area contributed by atoms with Gasteiger partial charge in [-0.3, -0.25) is 4.79 Å². The zero-order valence-electron chi connectivity index (χ0n) is 17.2. The summed E-state index contributed by atoms with van der Waals surface area (Å²) in [6.07, 6.45) is 0.314. The van der Waals surface area contributed by atoms with Crippen molar-refractivity contribution in [2.24, 2.45) is 0 Å². The van der Waals surface area contributed by atoms with Crippen LogP contribution in [0.5, 0.6) is 0 Å². The normalized spacial score (nSPS) is 11.9. The molecular weight excluding hydrogens is 495 g/mol. The predicted octanol–water partition coefficient (Wildman–Crippen LogP) is 4.21. The number of carbonyl (C=O) groups excluding carboxylic acids is 2. The molecule has 1 N–H and O–H groups in total. The number of nitrogens with one attached hydrogen (secondary N) is 1. The maximum absolute atomic E-state index is 12.8. The topological polar surface area (TPSA) is 112 Å². The lowest BCUT2D eigenvalue weighted by atomic mass is 10.1. The van der Waals surface area contributed by atoms with Crippen LogP contribution in [0.1, 0.15) is 23.9 Å². The van der Waals surface area contributed by atoms with E-state index < -0.39 is 12.1 Å². The van der Waals surface area contributed by atoms with E-state index in [2.05, 4.69) is 25.8 Å². The number of aromatic nitrogens is 5. The van der Waals surface area contributed by atoms with Gasteiger partial charge in [-0.25, -0.2) is 14.5 Å². The van der Waals surface area contributed by atoms with Gasteiger partial charge in [0.2, 0.25) is 5.16 Å². The molecule has 0 spiro atoms. The molecule has 32 heavy (non-hydrogen) atoms. The van der Waals surface area contributed by atoms with Crippen LogP contribution in [-0.4, -0.2) is 49.7 Å². The molecule has 3 rings (SSSR count). The van der Waals surface area contributed by atoms with E-state index in [1.54, 1.807) is 30.6 Å². The van der Waals surface area contributed by atoms with Crippen molar-refractivity contribution < 1.29 is 14.3 Å². The number of benzene rings is 1. The van der Waals surface area contributed by atoms with Crippen LogP contribution in [0.3, 0.4) is 0 Å². The van der Waals surface area contributed by atoms with Gasteiger partial charge >= 0.3 is 6.09 Å². The Labute approximate surface area is 202 Å². The van der Waals surface area contributed by atoms with Crippen LogP contribution in [0, 0.1) is 6.92 Å². The summed E-state index contributed by atoms with van der Waals surface area (Å²) in [5, 5.41) is 15.3. The lowest BCUT2D eigenvalue weighted by molar-refractivity contribution is -0.122. The maximum atomic E-state index is 12.8. The summed E-state index contributed by atoms with van der Waals surface area (Å²) in [5.74, 6) is -0.262. The summed E-state index contributed by atoms with van der Waals surface area (Å²) in [6.45, 7) is 3.77. The van der Waals surface area contributed by atoms with Crippen LogP contribution in [-0.2, 0) is 22.5 Å². The van der Waals surface area contributed by atoms with Gasteiger partial charge in [0.1, 0.15) is 6.54 Å². The molecule has 1 aromatic carbocycles. The minimum atomic E-state index is -0.737. The molecule has 2 aromatic heterocycles. The number of tetrazole rings is 1. The molecule has 3 aromatic rings. The van der Waals surface area contributed by atoms with E-state index in [1.165, 1.54) is 16.0 Å². The number of aryl methyl sites for hydroxylation is 1. The Kier molecular flexibility index (Phi) is 8.85. The molecule has 0 fully saturated rings. The molecule has 0 aliphatic carbocycles. The number of ether oxygens (including phenoxy) is 1. The van der Waals surface area contributed by atoms with Crippen molar-refractivity contribution in [1.82, 2.24) is 30.5 Å². The number of carbonyl (C=O) groups is 2. The smallest absolute Gasteiger partial charge is 0.407 e. The fourth-order valence-electron chi connectivity index (χ4n) is 2.69. The molecule has 9 nitrogen and oxygen atoms in total. The van der Waals surface area contributed by atoms with E-state index >= 15 is 0 Å². The maximum Gasteiger partial charge on any atom is 0.407 e. The van der Waals surface area contributed by atoms with E-state index in [1.807, 2.05) is 6.92 Å². The number of nitrogens with zero attached hydrogens (tertiary/aromatic N) is 5. The van der Waals surface area contributed by atoms with Crippen LogP contribution in [0.2, 0.25) is 10.0 Å². The molecule has 0 aliphatic heterocycles. The molecule has 1 amide bonds. The third kappa shape index (κ3) is 6.41. The van der Waals surface area contributed by atoms with Crippen LogP contribution in [0.4, 0.5) is 4.79 Å². The van der Waals surface area contributed by atoms with Gasteiger partial charge in [-0.05, 0) is 47.7 Å². The first-order valence-electron chi connectivity index (χ1n) is 9.62. The first-order chi connectivity index (χ1) is 15.4. The molecule has 1 unspecified atom stereocenters. The minimum absolute atomic E-state index is 0.129. The number of hydrogen-bond donors (Lipinski definition) is 1. The highest BCUT2D eigenvalue weighted by atomic mass is 35.5. The summed E-state index contributed by atoms with van der Waals surface area (Å²) < 4.78 is 6.56. The average molecular weight is 515 g/mol. The summed E-state index contributed by atoms with van der Waals surface area (Å²) in [6, 6.07) is 4.40. The number of rotatable bonds is 10. The summed E-state index contributed by atoms with van der Waals surface area (Å²) in [5.41, 5.74) is 2.68. The summed E-state index contributed by atoms with van der Waals surface area (Å²) in [4.78, 5) is 30.7. The van der Waals surface area contributed by atoms with Gasteiger partial charge in [-0.15, -0.1) is 16.4 Å².